The van der Waals surface area contributed by atoms with Crippen LogP contribution in [0, 0.1) is 12.8 Å². The van der Waals surface area contributed by atoms with E-state index in [4.69, 9.17) is 4.74 Å². The van der Waals surface area contributed by atoms with Crippen LogP contribution in [0.15, 0.2) is 0 Å². The Balaban J connectivity index is 3.17. The SMILES string of the molecule is CCc1c(C)sc(NC(=O)C(C)C)c1C(=O)OC(C)C. The zero-order chi connectivity index (χ0) is 15.4. The molecular weight excluding hydrogens is 274 g/mol. The average Bonchev–Trinajstić information content (AvgIpc) is 2.63. The first-order valence-electron chi connectivity index (χ1n) is 6.92. The lowest BCUT2D eigenvalue weighted by Crippen LogP contribution is -2.20. The van der Waals surface area contributed by atoms with Crippen LogP contribution in [0.3, 0.4) is 0 Å². The van der Waals surface area contributed by atoms with Gasteiger partial charge in [0.2, 0.25) is 5.91 Å². The molecule has 0 bridgehead atoms. The Labute approximate surface area is 124 Å². The number of hydrogen-bond donors (Lipinski definition) is 1. The lowest BCUT2D eigenvalue weighted by atomic mass is 10.1. The molecule has 5 heteroatoms. The quantitative estimate of drug-likeness (QED) is 0.841. The zero-order valence-corrected chi connectivity index (χ0v) is 13.8. The lowest BCUT2D eigenvalue weighted by Gasteiger charge is -2.12. The Morgan fingerprint density at radius 1 is 1.25 bits per heavy atom. The molecule has 0 fully saturated rings. The zero-order valence-electron chi connectivity index (χ0n) is 13.0. The summed E-state index contributed by atoms with van der Waals surface area (Å²) in [6.45, 7) is 11.2. The van der Waals surface area contributed by atoms with Crippen molar-refractivity contribution in [1.82, 2.24) is 0 Å². The van der Waals surface area contributed by atoms with E-state index in [1.807, 2.05) is 41.5 Å². The fourth-order valence-electron chi connectivity index (χ4n) is 1.84. The van der Waals surface area contributed by atoms with Crippen molar-refractivity contribution in [2.45, 2.75) is 54.1 Å². The van der Waals surface area contributed by atoms with Gasteiger partial charge in [-0.2, -0.15) is 0 Å². The maximum absolute atomic E-state index is 12.3. The molecule has 1 N–H and O–H groups in total. The Kier molecular flexibility index (Phi) is 5.74. The number of amides is 1. The van der Waals surface area contributed by atoms with E-state index >= 15 is 0 Å². The third kappa shape index (κ3) is 3.82. The molecule has 1 aromatic rings. The molecule has 0 radical (unpaired) electrons. The van der Waals surface area contributed by atoms with Gasteiger partial charge < -0.3 is 10.1 Å². The summed E-state index contributed by atoms with van der Waals surface area (Å²) >= 11 is 1.43. The first-order chi connectivity index (χ1) is 9.27. The number of esters is 1. The molecule has 1 aromatic heterocycles. The maximum atomic E-state index is 12.3. The van der Waals surface area contributed by atoms with E-state index < -0.39 is 0 Å². The van der Waals surface area contributed by atoms with Gasteiger partial charge in [-0.1, -0.05) is 20.8 Å². The Hall–Kier alpha value is -1.36. The second-order valence-electron chi connectivity index (χ2n) is 5.29. The van der Waals surface area contributed by atoms with Crippen molar-refractivity contribution >= 4 is 28.2 Å². The summed E-state index contributed by atoms with van der Waals surface area (Å²) in [5, 5.41) is 3.44. The van der Waals surface area contributed by atoms with Crippen molar-refractivity contribution in [3.05, 3.63) is 16.0 Å². The van der Waals surface area contributed by atoms with Crippen LogP contribution in [-0.2, 0) is 16.0 Å². The summed E-state index contributed by atoms with van der Waals surface area (Å²) in [4.78, 5) is 25.2. The van der Waals surface area contributed by atoms with Gasteiger partial charge in [0.15, 0.2) is 0 Å². The average molecular weight is 297 g/mol. The lowest BCUT2D eigenvalue weighted by molar-refractivity contribution is -0.118. The van der Waals surface area contributed by atoms with Crippen LogP contribution >= 0.6 is 11.3 Å². The van der Waals surface area contributed by atoms with Gasteiger partial charge in [0.25, 0.3) is 0 Å². The number of anilines is 1. The molecule has 0 aliphatic heterocycles. The summed E-state index contributed by atoms with van der Waals surface area (Å²) in [6.07, 6.45) is 0.559. The molecule has 1 rings (SSSR count). The highest BCUT2D eigenvalue weighted by molar-refractivity contribution is 7.16. The highest BCUT2D eigenvalue weighted by Gasteiger charge is 2.24. The molecule has 0 saturated carbocycles. The fraction of sp³-hybridized carbons (Fsp3) is 0.600. The van der Waals surface area contributed by atoms with Crippen molar-refractivity contribution in [2.24, 2.45) is 5.92 Å². The standard InChI is InChI=1S/C15H23NO3S/c1-7-11-10(6)20-14(16-13(17)8(2)3)12(11)15(18)19-9(4)5/h8-9H,7H2,1-6H3,(H,16,17). The summed E-state index contributed by atoms with van der Waals surface area (Å²) in [5.74, 6) is -0.579. The molecule has 1 heterocycles. The first kappa shape index (κ1) is 16.7. The summed E-state index contributed by atoms with van der Waals surface area (Å²) in [6, 6.07) is 0. The van der Waals surface area contributed by atoms with Gasteiger partial charge in [0.1, 0.15) is 5.00 Å². The van der Waals surface area contributed by atoms with Crippen molar-refractivity contribution in [3.63, 3.8) is 0 Å². The highest BCUT2D eigenvalue weighted by atomic mass is 32.1. The Bertz CT molecular complexity index is 503. The van der Waals surface area contributed by atoms with Crippen molar-refractivity contribution in [2.75, 3.05) is 5.32 Å². The molecule has 0 atom stereocenters. The number of hydrogen-bond acceptors (Lipinski definition) is 4. The Morgan fingerprint density at radius 3 is 2.30 bits per heavy atom. The van der Waals surface area contributed by atoms with E-state index in [9.17, 15) is 9.59 Å². The number of carbonyl (C=O) groups is 2. The molecular formula is C15H23NO3S. The van der Waals surface area contributed by atoms with Crippen LogP contribution in [0.2, 0.25) is 0 Å². The van der Waals surface area contributed by atoms with Crippen LogP contribution in [-0.4, -0.2) is 18.0 Å². The predicted molar refractivity (Wildman–Crippen MR) is 82.5 cm³/mol. The molecule has 0 saturated heterocycles. The van der Waals surface area contributed by atoms with Crippen LogP contribution in [0.5, 0.6) is 0 Å². The van der Waals surface area contributed by atoms with Gasteiger partial charge in [-0.3, -0.25) is 4.79 Å². The third-order valence-electron chi connectivity index (χ3n) is 2.87. The summed E-state index contributed by atoms with van der Waals surface area (Å²) in [5.41, 5.74) is 1.47. The number of carbonyl (C=O) groups excluding carboxylic acids is 2. The smallest absolute Gasteiger partial charge is 0.341 e. The van der Waals surface area contributed by atoms with Gasteiger partial charge in [0.05, 0.1) is 11.7 Å². The highest BCUT2D eigenvalue weighted by Crippen LogP contribution is 2.34. The Morgan fingerprint density at radius 2 is 1.85 bits per heavy atom. The molecule has 20 heavy (non-hydrogen) atoms. The van der Waals surface area contributed by atoms with Gasteiger partial charge in [-0.05, 0) is 32.8 Å². The van der Waals surface area contributed by atoms with E-state index in [2.05, 4.69) is 5.32 Å². The van der Waals surface area contributed by atoms with E-state index in [1.54, 1.807) is 0 Å². The second kappa shape index (κ2) is 6.88. The largest absolute Gasteiger partial charge is 0.459 e. The number of aryl methyl sites for hydroxylation is 1. The van der Waals surface area contributed by atoms with Crippen molar-refractivity contribution in [1.29, 1.82) is 0 Å². The van der Waals surface area contributed by atoms with E-state index in [1.165, 1.54) is 11.3 Å². The van der Waals surface area contributed by atoms with Gasteiger partial charge in [0, 0.05) is 10.8 Å². The monoisotopic (exact) mass is 297 g/mol. The predicted octanol–water partition coefficient (Wildman–Crippen LogP) is 3.78. The molecule has 4 nitrogen and oxygen atoms in total. The van der Waals surface area contributed by atoms with Gasteiger partial charge in [-0.15, -0.1) is 11.3 Å². The molecule has 112 valence electrons. The number of ether oxygens (including phenoxy) is 1. The second-order valence-corrected chi connectivity index (χ2v) is 6.52. The van der Waals surface area contributed by atoms with E-state index in [0.717, 1.165) is 16.9 Å². The molecule has 0 aromatic carbocycles. The number of nitrogens with one attached hydrogen (secondary N) is 1. The molecule has 0 aliphatic rings. The minimum Gasteiger partial charge on any atom is -0.459 e. The fourth-order valence-corrected chi connectivity index (χ4v) is 2.97. The van der Waals surface area contributed by atoms with Crippen LogP contribution in [0.4, 0.5) is 5.00 Å². The van der Waals surface area contributed by atoms with Gasteiger partial charge >= 0.3 is 5.97 Å². The minimum atomic E-state index is -0.361. The van der Waals surface area contributed by atoms with Gasteiger partial charge in [-0.25, -0.2) is 4.79 Å². The first-order valence-corrected chi connectivity index (χ1v) is 7.73. The maximum Gasteiger partial charge on any atom is 0.341 e. The van der Waals surface area contributed by atoms with Crippen LogP contribution in [0.25, 0.3) is 0 Å². The van der Waals surface area contributed by atoms with Crippen molar-refractivity contribution < 1.29 is 14.3 Å². The summed E-state index contributed by atoms with van der Waals surface area (Å²) < 4.78 is 5.29. The molecule has 0 unspecified atom stereocenters. The topological polar surface area (TPSA) is 55.4 Å². The number of thiophene rings is 1. The van der Waals surface area contributed by atoms with E-state index in [-0.39, 0.29) is 23.9 Å². The van der Waals surface area contributed by atoms with Crippen LogP contribution in [0.1, 0.15) is 55.4 Å². The van der Waals surface area contributed by atoms with E-state index in [0.29, 0.717) is 10.6 Å². The summed E-state index contributed by atoms with van der Waals surface area (Å²) in [7, 11) is 0. The minimum absolute atomic E-state index is 0.0903. The third-order valence-corrected chi connectivity index (χ3v) is 3.93. The normalized spacial score (nSPS) is 11.0. The molecule has 1 amide bonds. The molecule has 0 aliphatic carbocycles. The molecule has 0 spiro atoms. The number of rotatable bonds is 5. The van der Waals surface area contributed by atoms with Crippen molar-refractivity contribution in [3.8, 4) is 0 Å². The van der Waals surface area contributed by atoms with Crippen LogP contribution < -0.4 is 5.32 Å².